The normalized spacial score (nSPS) is 11.4. The van der Waals surface area contributed by atoms with Crippen LogP contribution in [0.4, 0.5) is 15.8 Å². The third-order valence-electron chi connectivity index (χ3n) is 2.78. The molecule has 112 valence electrons. The van der Waals surface area contributed by atoms with Crippen LogP contribution in [0.2, 0.25) is 5.02 Å². The Kier molecular flexibility index (Phi) is 4.46. The van der Waals surface area contributed by atoms with E-state index in [1.165, 1.54) is 24.3 Å². The van der Waals surface area contributed by atoms with Crippen molar-refractivity contribution >= 4 is 48.9 Å². The lowest BCUT2D eigenvalue weighted by molar-refractivity contribution is 0.598. The number of nitrogens with one attached hydrogen (secondary N) is 1. The van der Waals surface area contributed by atoms with Gasteiger partial charge in [0, 0.05) is 10.2 Å². The highest BCUT2D eigenvalue weighted by Gasteiger charge is 2.20. The third-order valence-corrected chi connectivity index (χ3v) is 5.27. The third kappa shape index (κ3) is 3.30. The first-order chi connectivity index (χ1) is 9.72. The predicted octanol–water partition coefficient (Wildman–Crippen LogP) is 3.93. The minimum Gasteiger partial charge on any atom is -0.398 e. The van der Waals surface area contributed by atoms with E-state index in [0.29, 0.717) is 10.0 Å². The SMILES string of the molecule is Cc1cc(Br)c(N)cc1S(=O)(=O)Nc1cccc(Cl)c1F. The van der Waals surface area contributed by atoms with E-state index in [1.54, 1.807) is 13.0 Å². The maximum Gasteiger partial charge on any atom is 0.262 e. The average Bonchev–Trinajstić information content (AvgIpc) is 2.39. The maximum atomic E-state index is 13.8. The number of hydrogen-bond donors (Lipinski definition) is 2. The van der Waals surface area contributed by atoms with Crippen LogP contribution in [0.1, 0.15) is 5.56 Å². The summed E-state index contributed by atoms with van der Waals surface area (Å²) in [7, 11) is -3.97. The molecule has 0 radical (unpaired) electrons. The molecular formula is C13H11BrClFN2O2S. The molecule has 0 saturated carbocycles. The van der Waals surface area contributed by atoms with E-state index >= 15 is 0 Å². The van der Waals surface area contributed by atoms with E-state index in [2.05, 4.69) is 20.7 Å². The standard InChI is InChI=1S/C13H11BrClFN2O2S/c1-7-5-8(14)10(17)6-12(7)21(19,20)18-11-4-2-3-9(15)13(11)16/h2-6,18H,17H2,1H3. The van der Waals surface area contributed by atoms with Gasteiger partial charge in [0.1, 0.15) is 0 Å². The summed E-state index contributed by atoms with van der Waals surface area (Å²) in [5.41, 5.74) is 6.23. The molecule has 8 heteroatoms. The molecule has 0 aliphatic carbocycles. The molecule has 0 spiro atoms. The number of halogens is 3. The number of aryl methyl sites for hydroxylation is 1. The van der Waals surface area contributed by atoms with Crippen molar-refractivity contribution in [3.63, 3.8) is 0 Å². The van der Waals surface area contributed by atoms with Crippen LogP contribution < -0.4 is 10.5 Å². The smallest absolute Gasteiger partial charge is 0.262 e. The van der Waals surface area contributed by atoms with Gasteiger partial charge in [0.05, 0.1) is 15.6 Å². The molecule has 0 saturated heterocycles. The Morgan fingerprint density at radius 2 is 2.00 bits per heavy atom. The van der Waals surface area contributed by atoms with E-state index < -0.39 is 15.8 Å². The van der Waals surface area contributed by atoms with Gasteiger partial charge in [-0.25, -0.2) is 12.8 Å². The Hall–Kier alpha value is -1.31. The van der Waals surface area contributed by atoms with Gasteiger partial charge in [-0.2, -0.15) is 0 Å². The molecule has 0 fully saturated rings. The quantitative estimate of drug-likeness (QED) is 0.776. The van der Waals surface area contributed by atoms with Crippen molar-refractivity contribution in [3.8, 4) is 0 Å². The van der Waals surface area contributed by atoms with Crippen molar-refractivity contribution in [1.29, 1.82) is 0 Å². The fourth-order valence-electron chi connectivity index (χ4n) is 1.74. The van der Waals surface area contributed by atoms with E-state index in [-0.39, 0.29) is 21.3 Å². The molecule has 0 atom stereocenters. The van der Waals surface area contributed by atoms with Crippen LogP contribution in [0.5, 0.6) is 0 Å². The molecule has 0 aliphatic heterocycles. The van der Waals surface area contributed by atoms with E-state index in [9.17, 15) is 12.8 Å². The van der Waals surface area contributed by atoms with Crippen molar-refractivity contribution in [2.24, 2.45) is 0 Å². The lowest BCUT2D eigenvalue weighted by Gasteiger charge is -2.13. The largest absolute Gasteiger partial charge is 0.398 e. The van der Waals surface area contributed by atoms with E-state index in [0.717, 1.165) is 0 Å². The summed E-state index contributed by atoms with van der Waals surface area (Å²) in [6, 6.07) is 6.96. The second kappa shape index (κ2) is 5.82. The minimum atomic E-state index is -3.97. The molecule has 0 bridgehead atoms. The highest BCUT2D eigenvalue weighted by molar-refractivity contribution is 9.10. The lowest BCUT2D eigenvalue weighted by Crippen LogP contribution is -2.15. The van der Waals surface area contributed by atoms with E-state index in [1.807, 2.05) is 0 Å². The zero-order chi connectivity index (χ0) is 15.8. The summed E-state index contributed by atoms with van der Waals surface area (Å²) in [4.78, 5) is -0.0254. The molecule has 21 heavy (non-hydrogen) atoms. The number of nitrogen functional groups attached to an aromatic ring is 1. The predicted molar refractivity (Wildman–Crippen MR) is 85.5 cm³/mol. The van der Waals surface area contributed by atoms with Gasteiger partial charge in [-0.1, -0.05) is 17.7 Å². The number of benzene rings is 2. The first-order valence-corrected chi connectivity index (χ1v) is 8.40. The molecule has 0 aromatic heterocycles. The Labute approximate surface area is 135 Å². The maximum absolute atomic E-state index is 13.8. The van der Waals surface area contributed by atoms with Gasteiger partial charge >= 0.3 is 0 Å². The summed E-state index contributed by atoms with van der Waals surface area (Å²) in [6.07, 6.45) is 0. The summed E-state index contributed by atoms with van der Waals surface area (Å²) in [5, 5.41) is -0.165. The van der Waals surface area contributed by atoms with Crippen LogP contribution >= 0.6 is 27.5 Å². The van der Waals surface area contributed by atoms with Crippen LogP contribution in [-0.2, 0) is 10.0 Å². The van der Waals surface area contributed by atoms with Crippen LogP contribution in [0, 0.1) is 12.7 Å². The second-order valence-corrected chi connectivity index (χ2v) is 7.26. The number of anilines is 2. The van der Waals surface area contributed by atoms with Gasteiger partial charge in [0.2, 0.25) is 0 Å². The van der Waals surface area contributed by atoms with Crippen molar-refractivity contribution in [3.05, 3.63) is 51.2 Å². The van der Waals surface area contributed by atoms with Crippen LogP contribution in [0.15, 0.2) is 39.7 Å². The summed E-state index contributed by atoms with van der Waals surface area (Å²) < 4.78 is 41.3. The monoisotopic (exact) mass is 392 g/mol. The highest BCUT2D eigenvalue weighted by Crippen LogP contribution is 2.29. The van der Waals surface area contributed by atoms with Gasteiger partial charge < -0.3 is 5.73 Å². The molecule has 0 heterocycles. The Bertz CT molecular complexity index is 812. The van der Waals surface area contributed by atoms with Crippen LogP contribution in [0.25, 0.3) is 0 Å². The first kappa shape index (κ1) is 16.1. The zero-order valence-corrected chi connectivity index (χ0v) is 14.0. The van der Waals surface area contributed by atoms with Gasteiger partial charge in [-0.3, -0.25) is 4.72 Å². The molecule has 3 N–H and O–H groups in total. The van der Waals surface area contributed by atoms with Gasteiger partial charge in [-0.15, -0.1) is 0 Å². The van der Waals surface area contributed by atoms with Crippen molar-refractivity contribution < 1.29 is 12.8 Å². The van der Waals surface area contributed by atoms with Gasteiger partial charge in [0.15, 0.2) is 5.82 Å². The Morgan fingerprint density at radius 3 is 2.67 bits per heavy atom. The first-order valence-electron chi connectivity index (χ1n) is 5.75. The zero-order valence-electron chi connectivity index (χ0n) is 10.8. The molecule has 0 unspecified atom stereocenters. The Balaban J connectivity index is 2.48. The fraction of sp³-hybridized carbons (Fsp3) is 0.0769. The minimum absolute atomic E-state index is 0.0254. The van der Waals surface area contributed by atoms with Gasteiger partial charge in [0.25, 0.3) is 10.0 Å². The number of hydrogen-bond acceptors (Lipinski definition) is 3. The van der Waals surface area contributed by atoms with E-state index in [4.69, 9.17) is 17.3 Å². The average molecular weight is 394 g/mol. The van der Waals surface area contributed by atoms with Crippen molar-refractivity contribution in [2.45, 2.75) is 11.8 Å². The second-order valence-electron chi connectivity index (χ2n) is 4.35. The molecule has 2 aromatic carbocycles. The fourth-order valence-corrected chi connectivity index (χ4v) is 3.69. The molecular weight excluding hydrogens is 383 g/mol. The Morgan fingerprint density at radius 1 is 1.33 bits per heavy atom. The molecule has 0 amide bonds. The summed E-state index contributed by atoms with van der Waals surface area (Å²) in [6.45, 7) is 1.62. The number of rotatable bonds is 3. The highest BCUT2D eigenvalue weighted by atomic mass is 79.9. The molecule has 4 nitrogen and oxygen atoms in total. The van der Waals surface area contributed by atoms with Crippen LogP contribution in [0.3, 0.4) is 0 Å². The van der Waals surface area contributed by atoms with Crippen LogP contribution in [-0.4, -0.2) is 8.42 Å². The van der Waals surface area contributed by atoms with Crippen molar-refractivity contribution in [1.82, 2.24) is 0 Å². The van der Waals surface area contributed by atoms with Gasteiger partial charge in [-0.05, 0) is 52.7 Å². The summed E-state index contributed by atoms with van der Waals surface area (Å²) in [5.74, 6) is -0.828. The number of sulfonamides is 1. The molecule has 2 aromatic rings. The number of nitrogens with two attached hydrogens (primary N) is 1. The lowest BCUT2D eigenvalue weighted by atomic mass is 10.2. The topological polar surface area (TPSA) is 72.2 Å². The van der Waals surface area contributed by atoms with Crippen molar-refractivity contribution in [2.75, 3.05) is 10.5 Å². The molecule has 0 aliphatic rings. The molecule has 2 rings (SSSR count). The summed E-state index contributed by atoms with van der Waals surface area (Å²) >= 11 is 8.85.